The van der Waals surface area contributed by atoms with Crippen molar-refractivity contribution in [1.82, 2.24) is 10.0 Å². The smallest absolute Gasteiger partial charge is 0.329 e. The summed E-state index contributed by atoms with van der Waals surface area (Å²) in [6, 6.07) is 6.38. The van der Waals surface area contributed by atoms with Gasteiger partial charge >= 0.3 is 5.97 Å². The van der Waals surface area contributed by atoms with Gasteiger partial charge in [-0.15, -0.1) is 11.3 Å². The Kier molecular flexibility index (Phi) is 3.23. The van der Waals surface area contributed by atoms with Gasteiger partial charge in [0.2, 0.25) is 0 Å². The second-order valence-electron chi connectivity index (χ2n) is 5.54. The van der Waals surface area contributed by atoms with Crippen molar-refractivity contribution >= 4 is 29.1 Å². The van der Waals surface area contributed by atoms with Crippen LogP contribution in [0, 0.1) is 0 Å². The molecule has 1 fully saturated rings. The summed E-state index contributed by atoms with van der Waals surface area (Å²) in [5, 5.41) is 3.38. The third-order valence-electron chi connectivity index (χ3n) is 3.77. The van der Waals surface area contributed by atoms with Crippen molar-refractivity contribution in [3.63, 3.8) is 0 Å². The predicted molar refractivity (Wildman–Crippen MR) is 80.8 cm³/mol. The standard InChI is InChI=1S/C16H12N2O4S/c19-13(7-10-8-23-14(17-10)9-5-6-9)22-18-15(20)11-3-1-2-4-12(11)16(18)21/h1-4,8-9H,5-7H2. The molecule has 7 heteroatoms. The zero-order chi connectivity index (χ0) is 16.0. The van der Waals surface area contributed by atoms with E-state index in [1.54, 1.807) is 12.1 Å². The van der Waals surface area contributed by atoms with Gasteiger partial charge in [0.15, 0.2) is 0 Å². The minimum atomic E-state index is -0.674. The van der Waals surface area contributed by atoms with Gasteiger partial charge in [-0.05, 0) is 25.0 Å². The van der Waals surface area contributed by atoms with E-state index in [-0.39, 0.29) is 17.5 Å². The minimum absolute atomic E-state index is 0.0589. The summed E-state index contributed by atoms with van der Waals surface area (Å²) >= 11 is 1.53. The molecule has 2 amide bonds. The molecular formula is C16H12N2O4S. The van der Waals surface area contributed by atoms with Gasteiger partial charge in [0.1, 0.15) is 0 Å². The van der Waals surface area contributed by atoms with Crippen molar-refractivity contribution in [3.05, 3.63) is 51.5 Å². The number of nitrogens with zero attached hydrogens (tertiary/aromatic N) is 2. The van der Waals surface area contributed by atoms with Crippen LogP contribution in [0.1, 0.15) is 50.2 Å². The molecule has 116 valence electrons. The number of hydroxylamine groups is 2. The van der Waals surface area contributed by atoms with E-state index in [9.17, 15) is 14.4 Å². The molecule has 0 atom stereocenters. The van der Waals surface area contributed by atoms with Crippen molar-refractivity contribution in [3.8, 4) is 0 Å². The van der Waals surface area contributed by atoms with E-state index in [0.29, 0.717) is 16.7 Å². The Morgan fingerprint density at radius 2 is 1.87 bits per heavy atom. The van der Waals surface area contributed by atoms with Crippen molar-refractivity contribution in [2.45, 2.75) is 25.2 Å². The third kappa shape index (κ3) is 2.53. The van der Waals surface area contributed by atoms with Crippen LogP contribution >= 0.6 is 11.3 Å². The lowest BCUT2D eigenvalue weighted by molar-refractivity contribution is -0.167. The minimum Gasteiger partial charge on any atom is -0.329 e. The topological polar surface area (TPSA) is 76.6 Å². The number of rotatable bonds is 4. The highest BCUT2D eigenvalue weighted by Crippen LogP contribution is 2.41. The SMILES string of the molecule is O=C(Cc1csc(C2CC2)n1)ON1C(=O)c2ccccc2C1=O. The first kappa shape index (κ1) is 14.1. The molecule has 0 bridgehead atoms. The third-order valence-corrected chi connectivity index (χ3v) is 4.83. The predicted octanol–water partition coefficient (Wildman–Crippen LogP) is 2.32. The van der Waals surface area contributed by atoms with Gasteiger partial charge < -0.3 is 4.84 Å². The molecule has 0 spiro atoms. The van der Waals surface area contributed by atoms with E-state index >= 15 is 0 Å². The quantitative estimate of drug-likeness (QED) is 0.805. The lowest BCUT2D eigenvalue weighted by Crippen LogP contribution is -2.33. The van der Waals surface area contributed by atoms with Crippen molar-refractivity contribution in [1.29, 1.82) is 0 Å². The van der Waals surface area contributed by atoms with Gasteiger partial charge in [0.25, 0.3) is 11.8 Å². The number of imide groups is 1. The summed E-state index contributed by atoms with van der Waals surface area (Å²) in [5.41, 5.74) is 1.10. The van der Waals surface area contributed by atoms with E-state index in [4.69, 9.17) is 4.84 Å². The molecule has 0 radical (unpaired) electrons. The van der Waals surface area contributed by atoms with Gasteiger partial charge in [-0.25, -0.2) is 9.78 Å². The van der Waals surface area contributed by atoms with Gasteiger partial charge in [0, 0.05) is 11.3 Å². The van der Waals surface area contributed by atoms with E-state index < -0.39 is 17.8 Å². The molecule has 2 aliphatic rings. The Hall–Kier alpha value is -2.54. The molecular weight excluding hydrogens is 316 g/mol. The van der Waals surface area contributed by atoms with Crippen LogP contribution in [0.2, 0.25) is 0 Å². The monoisotopic (exact) mass is 328 g/mol. The molecule has 0 saturated heterocycles. The van der Waals surface area contributed by atoms with Crippen LogP contribution in [0.4, 0.5) is 0 Å². The molecule has 1 aliphatic heterocycles. The lowest BCUT2D eigenvalue weighted by atomic mass is 10.1. The zero-order valence-electron chi connectivity index (χ0n) is 12.0. The summed E-state index contributed by atoms with van der Waals surface area (Å²) in [4.78, 5) is 45.6. The van der Waals surface area contributed by atoms with Crippen LogP contribution in [0.25, 0.3) is 0 Å². The summed E-state index contributed by atoms with van der Waals surface area (Å²) in [6.45, 7) is 0. The van der Waals surface area contributed by atoms with Gasteiger partial charge in [-0.1, -0.05) is 17.2 Å². The Morgan fingerprint density at radius 1 is 1.22 bits per heavy atom. The Labute approximate surface area is 135 Å². The Bertz CT molecular complexity index is 790. The molecule has 6 nitrogen and oxygen atoms in total. The number of carbonyl (C=O) groups excluding carboxylic acids is 3. The number of benzene rings is 1. The van der Waals surface area contributed by atoms with E-state index in [0.717, 1.165) is 17.8 Å². The summed E-state index contributed by atoms with van der Waals surface area (Å²) in [5.74, 6) is -1.38. The first-order valence-electron chi connectivity index (χ1n) is 7.26. The summed E-state index contributed by atoms with van der Waals surface area (Å²) in [7, 11) is 0. The Balaban J connectivity index is 1.44. The lowest BCUT2D eigenvalue weighted by Gasteiger charge is -2.12. The molecule has 0 unspecified atom stereocenters. The summed E-state index contributed by atoms with van der Waals surface area (Å²) < 4.78 is 0. The number of thiazole rings is 1. The molecule has 23 heavy (non-hydrogen) atoms. The average molecular weight is 328 g/mol. The van der Waals surface area contributed by atoms with Crippen LogP contribution in [0.3, 0.4) is 0 Å². The number of aromatic nitrogens is 1. The van der Waals surface area contributed by atoms with Gasteiger partial charge in [-0.2, -0.15) is 0 Å². The number of hydrogen-bond acceptors (Lipinski definition) is 6. The number of amides is 2. The number of fused-ring (bicyclic) bond motifs is 1. The van der Waals surface area contributed by atoms with Gasteiger partial charge in [-0.3, -0.25) is 9.59 Å². The van der Waals surface area contributed by atoms with E-state index in [1.165, 1.54) is 23.5 Å². The van der Waals surface area contributed by atoms with Crippen LogP contribution in [0.5, 0.6) is 0 Å². The number of carbonyl (C=O) groups is 3. The average Bonchev–Trinajstić information content (AvgIpc) is 3.26. The highest BCUT2D eigenvalue weighted by Gasteiger charge is 2.38. The Morgan fingerprint density at radius 3 is 2.48 bits per heavy atom. The maximum Gasteiger partial charge on any atom is 0.339 e. The van der Waals surface area contributed by atoms with Crippen molar-refractivity contribution < 1.29 is 19.2 Å². The maximum atomic E-state index is 12.1. The normalized spacial score (nSPS) is 16.6. The second-order valence-corrected chi connectivity index (χ2v) is 6.43. The largest absolute Gasteiger partial charge is 0.339 e. The van der Waals surface area contributed by atoms with Crippen molar-refractivity contribution in [2.75, 3.05) is 0 Å². The van der Waals surface area contributed by atoms with Crippen LogP contribution < -0.4 is 0 Å². The first-order valence-corrected chi connectivity index (χ1v) is 8.14. The number of hydrogen-bond donors (Lipinski definition) is 0. The molecule has 2 heterocycles. The highest BCUT2D eigenvalue weighted by molar-refractivity contribution is 7.09. The molecule has 4 rings (SSSR count). The van der Waals surface area contributed by atoms with E-state index in [2.05, 4.69) is 4.98 Å². The van der Waals surface area contributed by atoms with E-state index in [1.807, 2.05) is 5.38 Å². The molecule has 2 aromatic rings. The highest BCUT2D eigenvalue weighted by atomic mass is 32.1. The summed E-state index contributed by atoms with van der Waals surface area (Å²) in [6.07, 6.45) is 2.23. The fraction of sp³-hybridized carbons (Fsp3) is 0.250. The molecule has 0 N–H and O–H groups in total. The van der Waals surface area contributed by atoms with Crippen LogP contribution in [0.15, 0.2) is 29.6 Å². The first-order chi connectivity index (χ1) is 11.1. The van der Waals surface area contributed by atoms with Crippen LogP contribution in [-0.4, -0.2) is 27.8 Å². The second kappa shape index (κ2) is 5.27. The maximum absolute atomic E-state index is 12.1. The fourth-order valence-corrected chi connectivity index (χ4v) is 3.44. The van der Waals surface area contributed by atoms with Crippen LogP contribution in [-0.2, 0) is 16.1 Å². The molecule has 1 aromatic carbocycles. The molecule has 1 saturated carbocycles. The van der Waals surface area contributed by atoms with Crippen molar-refractivity contribution in [2.24, 2.45) is 0 Å². The molecule has 1 aromatic heterocycles. The fourth-order valence-electron chi connectivity index (χ4n) is 2.45. The van der Waals surface area contributed by atoms with Gasteiger partial charge in [0.05, 0.1) is 28.2 Å². The molecule has 1 aliphatic carbocycles. The zero-order valence-corrected chi connectivity index (χ0v) is 12.8.